The van der Waals surface area contributed by atoms with Crippen LogP contribution in [0, 0.1) is 17.6 Å². The van der Waals surface area contributed by atoms with Crippen LogP contribution < -0.4 is 4.90 Å². The molecule has 0 aromatic heterocycles. The summed E-state index contributed by atoms with van der Waals surface area (Å²) >= 11 is 0. The number of hydrogen-bond donors (Lipinski definition) is 0. The van der Waals surface area contributed by atoms with Crippen molar-refractivity contribution in [3.05, 3.63) is 65.2 Å². The molecule has 0 saturated carbocycles. The van der Waals surface area contributed by atoms with Crippen LogP contribution in [-0.4, -0.2) is 37.5 Å². The molecule has 2 heterocycles. The Labute approximate surface area is 152 Å². The van der Waals surface area contributed by atoms with Crippen LogP contribution in [0.4, 0.5) is 14.5 Å². The fourth-order valence-electron chi connectivity index (χ4n) is 4.12. The van der Waals surface area contributed by atoms with Gasteiger partial charge in [-0.1, -0.05) is 24.3 Å². The Kier molecular flexibility index (Phi) is 4.39. The van der Waals surface area contributed by atoms with Gasteiger partial charge in [0, 0.05) is 50.8 Å². The number of likely N-dealkylation sites (N-methyl/N-ethyl adjacent to an activating group) is 1. The van der Waals surface area contributed by atoms with Gasteiger partial charge >= 0.3 is 0 Å². The number of para-hydroxylation sites is 1. The summed E-state index contributed by atoms with van der Waals surface area (Å²) in [4.78, 5) is 16.6. The highest BCUT2D eigenvalue weighted by Gasteiger charge is 2.34. The average Bonchev–Trinajstić information content (AvgIpc) is 2.88. The lowest BCUT2D eigenvalue weighted by atomic mass is 9.90. The van der Waals surface area contributed by atoms with Gasteiger partial charge in [0.1, 0.15) is 11.6 Å². The summed E-state index contributed by atoms with van der Waals surface area (Å²) in [6.45, 7) is 2.17. The van der Waals surface area contributed by atoms with Crippen LogP contribution in [0.1, 0.15) is 23.5 Å². The topological polar surface area (TPSA) is 23.6 Å². The summed E-state index contributed by atoms with van der Waals surface area (Å²) < 4.78 is 26.7. The highest BCUT2D eigenvalue weighted by atomic mass is 19.1. The number of carbonyl (C=O) groups excluding carboxylic acids is 1. The molecule has 1 saturated heterocycles. The number of rotatable bonds is 4. The maximum atomic E-state index is 13.7. The van der Waals surface area contributed by atoms with E-state index in [9.17, 15) is 13.6 Å². The molecular formula is C21H22F2N2O. The zero-order chi connectivity index (χ0) is 18.3. The Morgan fingerprint density at radius 1 is 1.12 bits per heavy atom. The smallest absolute Gasteiger partial charge is 0.223 e. The first kappa shape index (κ1) is 17.0. The third kappa shape index (κ3) is 3.18. The van der Waals surface area contributed by atoms with E-state index in [1.165, 1.54) is 23.4 Å². The minimum Gasteiger partial charge on any atom is -0.374 e. The van der Waals surface area contributed by atoms with Crippen LogP contribution in [0.5, 0.6) is 0 Å². The second-order valence-electron chi connectivity index (χ2n) is 7.44. The molecule has 1 atom stereocenters. The van der Waals surface area contributed by atoms with Crippen LogP contribution in [0.2, 0.25) is 0 Å². The molecule has 2 aliphatic heterocycles. The number of anilines is 1. The lowest BCUT2D eigenvalue weighted by molar-refractivity contribution is -0.137. The largest absolute Gasteiger partial charge is 0.374 e. The first-order valence-corrected chi connectivity index (χ1v) is 9.03. The van der Waals surface area contributed by atoms with Gasteiger partial charge in [0.05, 0.1) is 0 Å². The maximum Gasteiger partial charge on any atom is 0.223 e. The number of hydrogen-bond acceptors (Lipinski definition) is 2. The maximum absolute atomic E-state index is 13.7. The van der Waals surface area contributed by atoms with Gasteiger partial charge in [-0.05, 0) is 35.6 Å². The highest BCUT2D eigenvalue weighted by molar-refractivity contribution is 5.79. The number of carbonyl (C=O) groups is 1. The van der Waals surface area contributed by atoms with Crippen molar-refractivity contribution in [1.29, 1.82) is 0 Å². The summed E-state index contributed by atoms with van der Waals surface area (Å²) in [6, 6.07) is 11.9. The molecule has 0 spiro atoms. The molecule has 4 rings (SSSR count). The lowest BCUT2D eigenvalue weighted by Gasteiger charge is -2.40. The van der Waals surface area contributed by atoms with Gasteiger partial charge < -0.3 is 9.80 Å². The Morgan fingerprint density at radius 2 is 1.88 bits per heavy atom. The molecule has 136 valence electrons. The van der Waals surface area contributed by atoms with E-state index in [1.807, 2.05) is 17.0 Å². The normalized spacial score (nSPS) is 19.4. The lowest BCUT2D eigenvalue weighted by Crippen LogP contribution is -2.51. The van der Waals surface area contributed by atoms with Crippen LogP contribution in [0.15, 0.2) is 42.5 Å². The minimum absolute atomic E-state index is 0.163. The second-order valence-corrected chi connectivity index (χ2v) is 7.44. The highest BCUT2D eigenvalue weighted by Crippen LogP contribution is 2.37. The van der Waals surface area contributed by atoms with Crippen LogP contribution >= 0.6 is 0 Å². The van der Waals surface area contributed by atoms with Crippen LogP contribution in [0.25, 0.3) is 0 Å². The minimum atomic E-state index is -0.557. The summed E-state index contributed by atoms with van der Waals surface area (Å²) in [7, 11) is 2.06. The van der Waals surface area contributed by atoms with Crippen molar-refractivity contribution in [2.75, 3.05) is 31.6 Å². The standard InChI is InChI=1S/C21H22F2N2O/c1-24-13-16(18-4-2-3-5-20(18)24)9-21(26)25-11-14(12-25)8-15-6-7-17(22)10-19(15)23/h2-7,10,14,16H,8-9,11-13H2,1H3. The molecule has 3 nitrogen and oxygen atoms in total. The number of halogens is 2. The molecule has 2 aliphatic rings. The van der Waals surface area contributed by atoms with Gasteiger partial charge in [0.25, 0.3) is 0 Å². The quantitative estimate of drug-likeness (QED) is 0.836. The van der Waals surface area contributed by atoms with Crippen molar-refractivity contribution >= 4 is 11.6 Å². The Morgan fingerprint density at radius 3 is 2.65 bits per heavy atom. The van der Waals surface area contributed by atoms with Gasteiger partial charge in [0.15, 0.2) is 0 Å². The predicted molar refractivity (Wildman–Crippen MR) is 97.2 cm³/mol. The molecular weight excluding hydrogens is 334 g/mol. The van der Waals surface area contributed by atoms with E-state index in [-0.39, 0.29) is 17.7 Å². The van der Waals surface area contributed by atoms with Crippen molar-refractivity contribution < 1.29 is 13.6 Å². The molecule has 2 aromatic rings. The van der Waals surface area contributed by atoms with Gasteiger partial charge in [0.2, 0.25) is 5.91 Å². The SMILES string of the molecule is CN1CC(CC(=O)N2CC(Cc3ccc(F)cc3F)C2)c2ccccc21. The zero-order valence-electron chi connectivity index (χ0n) is 14.8. The van der Waals surface area contributed by atoms with Crippen molar-refractivity contribution in [3.8, 4) is 0 Å². The van der Waals surface area contributed by atoms with E-state index in [4.69, 9.17) is 0 Å². The van der Waals surface area contributed by atoms with Crippen LogP contribution in [-0.2, 0) is 11.2 Å². The van der Waals surface area contributed by atoms with Gasteiger partial charge in [-0.2, -0.15) is 0 Å². The Bertz CT molecular complexity index is 833. The zero-order valence-corrected chi connectivity index (χ0v) is 14.8. The van der Waals surface area contributed by atoms with E-state index in [0.29, 0.717) is 31.5 Å². The fraction of sp³-hybridized carbons (Fsp3) is 0.381. The molecule has 26 heavy (non-hydrogen) atoms. The molecule has 1 fully saturated rings. The molecule has 2 aromatic carbocycles. The van der Waals surface area contributed by atoms with Crippen molar-refractivity contribution in [1.82, 2.24) is 4.90 Å². The van der Waals surface area contributed by atoms with E-state index >= 15 is 0 Å². The Balaban J connectivity index is 1.31. The molecule has 0 aliphatic carbocycles. The van der Waals surface area contributed by atoms with Crippen molar-refractivity contribution in [2.24, 2.45) is 5.92 Å². The predicted octanol–water partition coefficient (Wildman–Crippen LogP) is 3.59. The van der Waals surface area contributed by atoms with E-state index in [0.717, 1.165) is 12.6 Å². The molecule has 0 bridgehead atoms. The van der Waals surface area contributed by atoms with Gasteiger partial charge in [-0.15, -0.1) is 0 Å². The molecule has 0 radical (unpaired) electrons. The average molecular weight is 356 g/mol. The van der Waals surface area contributed by atoms with E-state index in [2.05, 4.69) is 24.1 Å². The summed E-state index contributed by atoms with van der Waals surface area (Å²) in [5, 5.41) is 0. The first-order chi connectivity index (χ1) is 12.5. The number of likely N-dealkylation sites (tertiary alicyclic amines) is 1. The summed E-state index contributed by atoms with van der Waals surface area (Å²) in [5.41, 5.74) is 2.97. The number of benzene rings is 2. The van der Waals surface area contributed by atoms with Crippen LogP contribution in [0.3, 0.4) is 0 Å². The first-order valence-electron chi connectivity index (χ1n) is 9.03. The fourth-order valence-corrected chi connectivity index (χ4v) is 4.12. The summed E-state index contributed by atoms with van der Waals surface area (Å²) in [5.74, 6) is -0.412. The molecule has 0 N–H and O–H groups in total. The van der Waals surface area contributed by atoms with Crippen molar-refractivity contribution in [2.45, 2.75) is 18.8 Å². The van der Waals surface area contributed by atoms with E-state index in [1.54, 1.807) is 0 Å². The number of nitrogens with zero attached hydrogens (tertiary/aromatic N) is 2. The summed E-state index contributed by atoms with van der Waals surface area (Å²) in [6.07, 6.45) is 1.06. The van der Waals surface area contributed by atoms with Gasteiger partial charge in [-0.3, -0.25) is 4.79 Å². The van der Waals surface area contributed by atoms with Crippen molar-refractivity contribution in [3.63, 3.8) is 0 Å². The number of amides is 1. The third-order valence-electron chi connectivity index (χ3n) is 5.54. The third-order valence-corrected chi connectivity index (χ3v) is 5.54. The van der Waals surface area contributed by atoms with E-state index < -0.39 is 11.6 Å². The monoisotopic (exact) mass is 356 g/mol. The molecule has 5 heteroatoms. The second kappa shape index (κ2) is 6.71. The van der Waals surface area contributed by atoms with Gasteiger partial charge in [-0.25, -0.2) is 8.78 Å². The number of fused-ring (bicyclic) bond motifs is 1. The Hall–Kier alpha value is -2.43. The molecule has 1 amide bonds. The molecule has 1 unspecified atom stereocenters.